The molecular formula is C6H12N2O4S2. The number of nitrogens with one attached hydrogen (secondary N) is 1. The molecule has 1 fully saturated rings. The van der Waals surface area contributed by atoms with E-state index in [2.05, 4.69) is 0 Å². The molecule has 2 atom stereocenters. The van der Waals surface area contributed by atoms with Crippen molar-refractivity contribution in [1.82, 2.24) is 4.31 Å². The van der Waals surface area contributed by atoms with E-state index in [0.29, 0.717) is 0 Å². The van der Waals surface area contributed by atoms with Crippen molar-refractivity contribution in [3.05, 3.63) is 0 Å². The predicted molar refractivity (Wildman–Crippen MR) is 49.7 cm³/mol. The van der Waals surface area contributed by atoms with Crippen molar-refractivity contribution in [2.45, 2.75) is 6.04 Å². The molecule has 1 saturated heterocycles. The van der Waals surface area contributed by atoms with Gasteiger partial charge >= 0.3 is 10.2 Å². The third-order valence-corrected chi connectivity index (χ3v) is 5.33. The van der Waals surface area contributed by atoms with Gasteiger partial charge in [0.1, 0.15) is 11.8 Å². The average Bonchev–Trinajstić information content (AvgIpc) is 2.51. The van der Waals surface area contributed by atoms with E-state index in [4.69, 9.17) is 0 Å². The molecule has 0 bridgehead atoms. The highest BCUT2D eigenvalue weighted by Gasteiger charge is 2.41. The summed E-state index contributed by atoms with van der Waals surface area (Å²) in [4.78, 5) is 10.7. The van der Waals surface area contributed by atoms with E-state index >= 15 is 0 Å². The largest absolute Gasteiger partial charge is 0.544 e. The molecule has 14 heavy (non-hydrogen) atoms. The van der Waals surface area contributed by atoms with Crippen LogP contribution in [0, 0.1) is 0 Å². The number of aliphatic carboxylic acids is 1. The minimum Gasteiger partial charge on any atom is -0.544 e. The number of carbonyl (C=O) groups excluding carboxylic acids is 1. The zero-order chi connectivity index (χ0) is 10.9. The first-order chi connectivity index (χ1) is 6.37. The normalized spacial score (nSPS) is 28.2. The number of rotatable bonds is 3. The standard InChI is InChI=1S/C6H12N2O4S2/c1-7(2)14(11,12)8-4-13-3-5(8)6(9)10/h5H,3-4H2,1-2H3,(H,9,10)/t5-/m0/s1. The molecule has 0 aromatic rings. The number of carboxylic acid groups (broad SMARTS) is 1. The maximum atomic E-state index is 11.6. The number of carbonyl (C=O) groups is 1. The highest BCUT2D eigenvalue weighted by molar-refractivity contribution is 7.99. The van der Waals surface area contributed by atoms with Gasteiger partial charge in [-0.15, -0.1) is 0 Å². The van der Waals surface area contributed by atoms with Crippen molar-refractivity contribution in [2.24, 2.45) is 0 Å². The first-order valence-corrected chi connectivity index (χ1v) is 6.53. The van der Waals surface area contributed by atoms with Crippen LogP contribution in [-0.2, 0) is 15.0 Å². The van der Waals surface area contributed by atoms with E-state index in [9.17, 15) is 18.3 Å². The van der Waals surface area contributed by atoms with Gasteiger partial charge in [-0.1, -0.05) is 11.8 Å². The second kappa shape index (κ2) is 4.05. The fraction of sp³-hybridized carbons (Fsp3) is 0.833. The number of hydrogen-bond acceptors (Lipinski definition) is 5. The molecule has 1 rings (SSSR count). The first kappa shape index (κ1) is 11.8. The van der Waals surface area contributed by atoms with E-state index in [-0.39, 0.29) is 15.9 Å². The summed E-state index contributed by atoms with van der Waals surface area (Å²) in [6.07, 6.45) is 0. The second-order valence-corrected chi connectivity index (χ2v) is 6.38. The molecule has 1 aliphatic rings. The molecular weight excluding hydrogens is 228 g/mol. The minimum atomic E-state index is -3.56. The Bertz CT molecular complexity index is 327. The van der Waals surface area contributed by atoms with Gasteiger partial charge < -0.3 is 9.90 Å². The first-order valence-electron chi connectivity index (χ1n) is 3.94. The molecule has 8 heteroatoms. The van der Waals surface area contributed by atoms with E-state index in [1.54, 1.807) is 0 Å². The number of quaternary nitrogens is 1. The number of nitrogens with zero attached hydrogens (tertiary/aromatic N) is 1. The SMILES string of the molecule is CN(C)S(=O)(=O)[NH+]1CSC[C@H]1C(=O)[O-]. The predicted octanol–water partition coefficient (Wildman–Crippen LogP) is -3.50. The van der Waals surface area contributed by atoms with Gasteiger partial charge in [0.2, 0.25) is 0 Å². The summed E-state index contributed by atoms with van der Waals surface area (Å²) in [6, 6.07) is -0.965. The highest BCUT2D eigenvalue weighted by Crippen LogP contribution is 2.06. The molecule has 0 aromatic heterocycles. The Balaban J connectivity index is 2.93. The monoisotopic (exact) mass is 240 g/mol. The van der Waals surface area contributed by atoms with Gasteiger partial charge in [-0.3, -0.25) is 0 Å². The molecule has 82 valence electrons. The maximum Gasteiger partial charge on any atom is 0.371 e. The van der Waals surface area contributed by atoms with Crippen molar-refractivity contribution >= 4 is 27.9 Å². The Kier molecular flexibility index (Phi) is 3.40. The third kappa shape index (κ3) is 2.02. The summed E-state index contributed by atoms with van der Waals surface area (Å²) in [5.74, 6) is -0.778. The molecule has 0 aromatic carbocycles. The number of thioether (sulfide) groups is 1. The Morgan fingerprint density at radius 1 is 1.57 bits per heavy atom. The van der Waals surface area contributed by atoms with Crippen LogP contribution in [0.1, 0.15) is 0 Å². The lowest BCUT2D eigenvalue weighted by Crippen LogP contribution is -3.18. The Morgan fingerprint density at radius 3 is 2.57 bits per heavy atom. The van der Waals surface area contributed by atoms with E-state index in [1.165, 1.54) is 25.9 Å². The van der Waals surface area contributed by atoms with Crippen molar-refractivity contribution < 1.29 is 22.6 Å². The van der Waals surface area contributed by atoms with Crippen LogP contribution in [0.3, 0.4) is 0 Å². The molecule has 6 nitrogen and oxygen atoms in total. The summed E-state index contributed by atoms with van der Waals surface area (Å²) < 4.78 is 24.3. The van der Waals surface area contributed by atoms with Crippen molar-refractivity contribution in [2.75, 3.05) is 25.7 Å². The van der Waals surface area contributed by atoms with Crippen molar-refractivity contribution in [3.8, 4) is 0 Å². The van der Waals surface area contributed by atoms with E-state index in [1.807, 2.05) is 0 Å². The molecule has 1 unspecified atom stereocenters. The molecule has 1 N–H and O–H groups in total. The summed E-state index contributed by atoms with van der Waals surface area (Å²) in [6.45, 7) is 0. The smallest absolute Gasteiger partial charge is 0.371 e. The van der Waals surface area contributed by atoms with Gasteiger partial charge in [0.05, 0.1) is 5.75 Å². The maximum absolute atomic E-state index is 11.6. The summed E-state index contributed by atoms with van der Waals surface area (Å²) in [5.41, 5.74) is 0. The molecule has 0 amide bonds. The van der Waals surface area contributed by atoms with Crippen molar-refractivity contribution in [3.63, 3.8) is 0 Å². The van der Waals surface area contributed by atoms with Gasteiger partial charge in [-0.2, -0.15) is 17.0 Å². The molecule has 0 radical (unpaired) electrons. The summed E-state index contributed by atoms with van der Waals surface area (Å²) in [7, 11) is -0.789. The zero-order valence-corrected chi connectivity index (χ0v) is 9.52. The van der Waals surface area contributed by atoms with E-state index in [0.717, 1.165) is 4.31 Å². The molecule has 1 aliphatic heterocycles. The lowest BCUT2D eigenvalue weighted by atomic mass is 10.4. The lowest BCUT2D eigenvalue weighted by Gasteiger charge is -2.22. The van der Waals surface area contributed by atoms with Gasteiger partial charge in [0, 0.05) is 14.1 Å². The van der Waals surface area contributed by atoms with Crippen LogP contribution in [-0.4, -0.2) is 50.5 Å². The van der Waals surface area contributed by atoms with E-state index < -0.39 is 22.2 Å². The number of hydrogen-bond donors (Lipinski definition) is 1. The van der Waals surface area contributed by atoms with Crippen LogP contribution in [0.2, 0.25) is 0 Å². The van der Waals surface area contributed by atoms with Crippen LogP contribution in [0.15, 0.2) is 0 Å². The molecule has 0 spiro atoms. The third-order valence-electron chi connectivity index (χ3n) is 2.01. The number of carboxylic acids is 1. The Morgan fingerprint density at radius 2 is 2.14 bits per heavy atom. The van der Waals surface area contributed by atoms with Crippen LogP contribution in [0.25, 0.3) is 0 Å². The Hall–Kier alpha value is -0.310. The van der Waals surface area contributed by atoms with Crippen LogP contribution >= 0.6 is 11.8 Å². The van der Waals surface area contributed by atoms with Gasteiger partial charge in [-0.05, 0) is 0 Å². The average molecular weight is 240 g/mol. The fourth-order valence-corrected chi connectivity index (χ4v) is 4.21. The van der Waals surface area contributed by atoms with Gasteiger partial charge in [-0.25, -0.2) is 0 Å². The second-order valence-electron chi connectivity index (χ2n) is 3.14. The lowest BCUT2D eigenvalue weighted by molar-refractivity contribution is -0.769. The van der Waals surface area contributed by atoms with Gasteiger partial charge in [0.25, 0.3) is 0 Å². The highest BCUT2D eigenvalue weighted by atomic mass is 32.2. The summed E-state index contributed by atoms with van der Waals surface area (Å²) >= 11 is 1.30. The summed E-state index contributed by atoms with van der Waals surface area (Å²) in [5, 5.41) is 10.7. The topological polar surface area (TPSA) is 82.0 Å². The zero-order valence-electron chi connectivity index (χ0n) is 7.89. The van der Waals surface area contributed by atoms with Gasteiger partial charge in [0.15, 0.2) is 6.04 Å². The fourth-order valence-electron chi connectivity index (χ4n) is 1.16. The van der Waals surface area contributed by atoms with Crippen LogP contribution < -0.4 is 9.41 Å². The molecule has 0 saturated carbocycles. The van der Waals surface area contributed by atoms with Crippen molar-refractivity contribution in [1.29, 1.82) is 0 Å². The Labute approximate surface area is 87.1 Å². The minimum absolute atomic E-state index is 0.0486. The quantitative estimate of drug-likeness (QED) is 0.553. The molecule has 1 heterocycles. The van der Waals surface area contributed by atoms with Crippen LogP contribution in [0.4, 0.5) is 0 Å². The molecule has 0 aliphatic carbocycles. The van der Waals surface area contributed by atoms with Crippen LogP contribution in [0.5, 0.6) is 0 Å².